The molecule has 60 valence electrons. The van der Waals surface area contributed by atoms with Gasteiger partial charge in [0.05, 0.1) is 5.57 Å². The summed E-state index contributed by atoms with van der Waals surface area (Å²) < 4.78 is 0. The van der Waals surface area contributed by atoms with E-state index in [2.05, 4.69) is 16.9 Å². The molecule has 0 aromatic heterocycles. The van der Waals surface area contributed by atoms with Gasteiger partial charge in [0.25, 0.3) is 5.91 Å². The van der Waals surface area contributed by atoms with Gasteiger partial charge in [-0.2, -0.15) is 0 Å². The van der Waals surface area contributed by atoms with Crippen LogP contribution in [0.3, 0.4) is 0 Å². The molecule has 0 saturated heterocycles. The molecular formula is C8H12N2O. The predicted molar refractivity (Wildman–Crippen MR) is 46.8 cm³/mol. The minimum Gasteiger partial charge on any atom is -0.355 e. The summed E-state index contributed by atoms with van der Waals surface area (Å²) >= 11 is 0. The molecule has 3 heteroatoms. The molecular weight excluding hydrogens is 140 g/mol. The Morgan fingerprint density at radius 1 is 1.64 bits per heavy atom. The van der Waals surface area contributed by atoms with Crippen molar-refractivity contribution in [1.82, 2.24) is 5.32 Å². The highest BCUT2D eigenvalue weighted by Crippen LogP contribution is 1.90. The van der Waals surface area contributed by atoms with E-state index < -0.39 is 0 Å². The lowest BCUT2D eigenvalue weighted by molar-refractivity contribution is -0.116. The highest BCUT2D eigenvalue weighted by Gasteiger charge is 2.00. The van der Waals surface area contributed by atoms with Crippen LogP contribution < -0.4 is 5.32 Å². The molecule has 0 unspecified atom stereocenters. The summed E-state index contributed by atoms with van der Waals surface area (Å²) in [5.74, 6) is -0.157. The van der Waals surface area contributed by atoms with E-state index in [0.29, 0.717) is 5.57 Å². The molecule has 0 atom stereocenters. The van der Waals surface area contributed by atoms with Crippen molar-refractivity contribution in [3.8, 4) is 0 Å². The average Bonchev–Trinajstić information content (AvgIpc) is 2.03. The molecule has 0 aromatic rings. The minimum atomic E-state index is -0.157. The van der Waals surface area contributed by atoms with Gasteiger partial charge in [0.2, 0.25) is 0 Å². The van der Waals surface area contributed by atoms with Crippen molar-refractivity contribution in [1.29, 1.82) is 0 Å². The Hall–Kier alpha value is -1.38. The normalized spacial score (nSPS) is 11.6. The average molecular weight is 152 g/mol. The smallest absolute Gasteiger partial charge is 0.252 e. The van der Waals surface area contributed by atoms with Gasteiger partial charge in [0.1, 0.15) is 0 Å². The first-order valence-corrected chi connectivity index (χ1v) is 3.23. The molecule has 0 aliphatic heterocycles. The van der Waals surface area contributed by atoms with Gasteiger partial charge in [-0.15, -0.1) is 0 Å². The minimum absolute atomic E-state index is 0.157. The number of carbonyl (C=O) groups excluding carboxylic acids is 1. The topological polar surface area (TPSA) is 41.5 Å². The maximum atomic E-state index is 11.0. The van der Waals surface area contributed by atoms with Crippen LogP contribution in [0.4, 0.5) is 0 Å². The molecule has 0 heterocycles. The van der Waals surface area contributed by atoms with Gasteiger partial charge in [-0.25, -0.2) is 0 Å². The molecule has 0 radical (unpaired) electrons. The third-order valence-electron chi connectivity index (χ3n) is 1.05. The number of rotatable bonds is 3. The lowest BCUT2D eigenvalue weighted by Gasteiger charge is -1.96. The van der Waals surface area contributed by atoms with E-state index in [4.69, 9.17) is 0 Å². The fourth-order valence-corrected chi connectivity index (χ4v) is 0.588. The molecule has 0 aromatic carbocycles. The molecule has 0 bridgehead atoms. The Balaban J connectivity index is 4.46. The van der Waals surface area contributed by atoms with Gasteiger partial charge in [-0.1, -0.05) is 12.7 Å². The maximum absolute atomic E-state index is 11.0. The van der Waals surface area contributed by atoms with Crippen molar-refractivity contribution < 1.29 is 4.79 Å². The van der Waals surface area contributed by atoms with Gasteiger partial charge < -0.3 is 5.32 Å². The number of nitrogens with zero attached hydrogens (tertiary/aromatic N) is 1. The molecule has 0 aliphatic rings. The van der Waals surface area contributed by atoms with Crippen molar-refractivity contribution in [2.45, 2.75) is 0 Å². The van der Waals surface area contributed by atoms with Crippen LogP contribution in [0.1, 0.15) is 0 Å². The number of amides is 1. The molecule has 0 saturated carbocycles. The van der Waals surface area contributed by atoms with Crippen LogP contribution in [-0.4, -0.2) is 26.2 Å². The number of likely N-dealkylation sites (N-methyl/N-ethyl adjacent to an activating group) is 1. The largest absolute Gasteiger partial charge is 0.355 e. The summed E-state index contributed by atoms with van der Waals surface area (Å²) in [6.45, 7) is 3.48. The van der Waals surface area contributed by atoms with E-state index in [0.717, 1.165) is 0 Å². The van der Waals surface area contributed by atoms with Crippen LogP contribution in [0.2, 0.25) is 0 Å². The van der Waals surface area contributed by atoms with E-state index in [1.807, 2.05) is 0 Å². The van der Waals surface area contributed by atoms with Crippen LogP contribution in [0.25, 0.3) is 0 Å². The number of hydrogen-bond donors (Lipinski definition) is 1. The predicted octanol–water partition coefficient (Wildman–Crippen LogP) is 0.545. The van der Waals surface area contributed by atoms with E-state index in [1.165, 1.54) is 6.21 Å². The molecule has 0 spiro atoms. The highest BCUT2D eigenvalue weighted by molar-refractivity contribution is 6.12. The van der Waals surface area contributed by atoms with Gasteiger partial charge in [-0.05, 0) is 6.08 Å². The summed E-state index contributed by atoms with van der Waals surface area (Å²) in [6.07, 6.45) is 4.64. The van der Waals surface area contributed by atoms with E-state index in [1.54, 1.807) is 26.2 Å². The Morgan fingerprint density at radius 2 is 2.27 bits per heavy atom. The SMILES string of the molecule is C=C/C=C(\C=NC)C(=O)NC. The zero-order chi connectivity index (χ0) is 8.69. The summed E-state index contributed by atoms with van der Waals surface area (Å²) in [5, 5.41) is 2.49. The summed E-state index contributed by atoms with van der Waals surface area (Å²) in [6, 6.07) is 0. The Bertz CT molecular complexity index is 204. The second-order valence-electron chi connectivity index (χ2n) is 1.82. The van der Waals surface area contributed by atoms with Gasteiger partial charge in [-0.3, -0.25) is 9.79 Å². The first kappa shape index (κ1) is 9.62. The molecule has 0 aliphatic carbocycles. The third kappa shape index (κ3) is 3.35. The van der Waals surface area contributed by atoms with Crippen molar-refractivity contribution in [2.75, 3.05) is 14.1 Å². The fourth-order valence-electron chi connectivity index (χ4n) is 0.588. The second-order valence-corrected chi connectivity index (χ2v) is 1.82. The Labute approximate surface area is 66.5 Å². The second kappa shape index (κ2) is 5.41. The van der Waals surface area contributed by atoms with Crippen LogP contribution in [0.5, 0.6) is 0 Å². The van der Waals surface area contributed by atoms with Gasteiger partial charge in [0.15, 0.2) is 0 Å². The van der Waals surface area contributed by atoms with E-state index in [-0.39, 0.29) is 5.91 Å². The molecule has 1 amide bonds. The molecule has 3 nitrogen and oxygen atoms in total. The lowest BCUT2D eigenvalue weighted by atomic mass is 10.2. The van der Waals surface area contributed by atoms with E-state index in [9.17, 15) is 4.79 Å². The maximum Gasteiger partial charge on any atom is 0.252 e. The first-order chi connectivity index (χ1) is 5.26. The summed E-state index contributed by atoms with van der Waals surface area (Å²) in [7, 11) is 3.18. The number of hydrogen-bond acceptors (Lipinski definition) is 2. The molecule has 0 rings (SSSR count). The van der Waals surface area contributed by atoms with Gasteiger partial charge >= 0.3 is 0 Å². The first-order valence-electron chi connectivity index (χ1n) is 3.23. The summed E-state index contributed by atoms with van der Waals surface area (Å²) in [4.78, 5) is 14.7. The highest BCUT2D eigenvalue weighted by atomic mass is 16.1. The van der Waals surface area contributed by atoms with Gasteiger partial charge in [0, 0.05) is 20.3 Å². The van der Waals surface area contributed by atoms with Crippen molar-refractivity contribution in [2.24, 2.45) is 4.99 Å². The monoisotopic (exact) mass is 152 g/mol. The van der Waals surface area contributed by atoms with Crippen LogP contribution in [0, 0.1) is 0 Å². The van der Waals surface area contributed by atoms with Crippen molar-refractivity contribution >= 4 is 12.1 Å². The summed E-state index contributed by atoms with van der Waals surface area (Å²) in [5.41, 5.74) is 0.505. The number of carbonyl (C=O) groups is 1. The Morgan fingerprint density at radius 3 is 2.64 bits per heavy atom. The van der Waals surface area contributed by atoms with Crippen LogP contribution in [-0.2, 0) is 4.79 Å². The van der Waals surface area contributed by atoms with Crippen LogP contribution in [0.15, 0.2) is 29.3 Å². The quantitative estimate of drug-likeness (QED) is 0.358. The molecule has 0 fully saturated rings. The number of aliphatic imine (C=N–C) groups is 1. The van der Waals surface area contributed by atoms with Crippen molar-refractivity contribution in [3.05, 3.63) is 24.3 Å². The van der Waals surface area contributed by atoms with Crippen LogP contribution >= 0.6 is 0 Å². The zero-order valence-corrected chi connectivity index (χ0v) is 6.79. The van der Waals surface area contributed by atoms with Crippen molar-refractivity contribution in [3.63, 3.8) is 0 Å². The zero-order valence-electron chi connectivity index (χ0n) is 6.79. The standard InChI is InChI=1S/C8H12N2O/c1-4-5-7(6-9-2)8(11)10-3/h4-6H,1H2,2-3H3,(H,10,11)/b7-5+,9-6?. The third-order valence-corrected chi connectivity index (χ3v) is 1.05. The molecule has 1 N–H and O–H groups in total. The van der Waals surface area contributed by atoms with E-state index >= 15 is 0 Å². The number of nitrogens with one attached hydrogen (secondary N) is 1. The lowest BCUT2D eigenvalue weighted by Crippen LogP contribution is -2.20. The Kier molecular flexibility index (Phi) is 4.73. The number of allylic oxidation sites excluding steroid dienone is 2. The fraction of sp³-hybridized carbons (Fsp3) is 0.250. The molecule has 11 heavy (non-hydrogen) atoms.